The second-order valence-corrected chi connectivity index (χ2v) is 5.79. The van der Waals surface area contributed by atoms with Crippen molar-refractivity contribution in [1.29, 1.82) is 0 Å². The van der Waals surface area contributed by atoms with Crippen LogP contribution in [0.4, 0.5) is 4.39 Å². The van der Waals surface area contributed by atoms with Crippen LogP contribution in [-0.2, 0) is 6.42 Å². The third-order valence-electron chi connectivity index (χ3n) is 3.06. The molecule has 19 heavy (non-hydrogen) atoms. The lowest BCUT2D eigenvalue weighted by atomic mass is 9.98. The molecule has 0 heterocycles. The van der Waals surface area contributed by atoms with E-state index in [-0.39, 0.29) is 12.2 Å². The molecule has 1 unspecified atom stereocenters. The van der Waals surface area contributed by atoms with Gasteiger partial charge in [0.05, 0.1) is 6.10 Å². The van der Waals surface area contributed by atoms with Gasteiger partial charge in [0, 0.05) is 10.9 Å². The lowest BCUT2D eigenvalue weighted by Crippen LogP contribution is -2.04. The van der Waals surface area contributed by atoms with Crippen LogP contribution in [0.3, 0.4) is 0 Å². The number of aliphatic hydroxyl groups is 1. The maximum Gasteiger partial charge on any atom is 0.127 e. The molecule has 0 aliphatic carbocycles. The van der Waals surface area contributed by atoms with Crippen LogP contribution in [0, 0.1) is 19.7 Å². The Morgan fingerprint density at radius 2 is 1.74 bits per heavy atom. The summed E-state index contributed by atoms with van der Waals surface area (Å²) in [6.07, 6.45) is -0.406. The van der Waals surface area contributed by atoms with Crippen molar-refractivity contribution in [2.24, 2.45) is 0 Å². The molecule has 0 bridgehead atoms. The van der Waals surface area contributed by atoms with E-state index in [0.29, 0.717) is 10.0 Å². The molecule has 2 aromatic carbocycles. The van der Waals surface area contributed by atoms with Crippen molar-refractivity contribution in [3.05, 3.63) is 68.9 Å². The summed E-state index contributed by atoms with van der Waals surface area (Å²) in [6, 6.07) is 10.8. The van der Waals surface area contributed by atoms with Gasteiger partial charge in [0.2, 0.25) is 0 Å². The van der Waals surface area contributed by atoms with E-state index >= 15 is 0 Å². The lowest BCUT2D eigenvalue weighted by molar-refractivity contribution is 0.177. The first kappa shape index (κ1) is 14.2. The van der Waals surface area contributed by atoms with Crippen LogP contribution in [0.25, 0.3) is 0 Å². The number of aryl methyl sites for hydroxylation is 2. The number of halogens is 2. The van der Waals surface area contributed by atoms with E-state index in [0.717, 1.165) is 16.7 Å². The zero-order valence-electron chi connectivity index (χ0n) is 11.0. The van der Waals surface area contributed by atoms with Gasteiger partial charge in [0.15, 0.2) is 0 Å². The Hall–Kier alpha value is -1.19. The van der Waals surface area contributed by atoms with Crippen LogP contribution in [0.2, 0.25) is 0 Å². The predicted octanol–water partition coefficient (Wildman–Crippen LogP) is 4.48. The second kappa shape index (κ2) is 5.85. The van der Waals surface area contributed by atoms with Gasteiger partial charge in [-0.1, -0.05) is 51.3 Å². The SMILES string of the molecule is Cc1cc(C)cc(C(O)Cc2ccc(Br)cc2F)c1. The first-order chi connectivity index (χ1) is 8.95. The average molecular weight is 323 g/mol. The molecule has 1 nitrogen and oxygen atoms in total. The smallest absolute Gasteiger partial charge is 0.127 e. The van der Waals surface area contributed by atoms with Gasteiger partial charge in [-0.25, -0.2) is 4.39 Å². The minimum Gasteiger partial charge on any atom is -0.388 e. The summed E-state index contributed by atoms with van der Waals surface area (Å²) >= 11 is 3.22. The van der Waals surface area contributed by atoms with Crippen LogP contribution >= 0.6 is 15.9 Å². The molecule has 3 heteroatoms. The highest BCUT2D eigenvalue weighted by Gasteiger charge is 2.12. The summed E-state index contributed by atoms with van der Waals surface area (Å²) in [5.41, 5.74) is 3.56. The van der Waals surface area contributed by atoms with Crippen molar-refractivity contribution in [2.45, 2.75) is 26.4 Å². The lowest BCUT2D eigenvalue weighted by Gasteiger charge is -2.13. The molecule has 0 radical (unpaired) electrons. The van der Waals surface area contributed by atoms with Crippen molar-refractivity contribution >= 4 is 15.9 Å². The third-order valence-corrected chi connectivity index (χ3v) is 3.55. The normalized spacial score (nSPS) is 12.5. The van der Waals surface area contributed by atoms with Gasteiger partial charge < -0.3 is 5.11 Å². The van der Waals surface area contributed by atoms with Crippen LogP contribution in [0.5, 0.6) is 0 Å². The molecule has 0 amide bonds. The van der Waals surface area contributed by atoms with Crippen LogP contribution in [0.1, 0.15) is 28.4 Å². The first-order valence-corrected chi connectivity index (χ1v) is 6.95. The molecule has 1 N–H and O–H groups in total. The Morgan fingerprint density at radius 1 is 1.11 bits per heavy atom. The van der Waals surface area contributed by atoms with Gasteiger partial charge in [-0.2, -0.15) is 0 Å². The Morgan fingerprint density at radius 3 is 2.32 bits per heavy atom. The van der Waals surface area contributed by atoms with Gasteiger partial charge in [0.25, 0.3) is 0 Å². The standard InChI is InChI=1S/C16H16BrFO/c1-10-5-11(2)7-13(6-10)16(19)8-12-3-4-14(17)9-15(12)18/h3-7,9,16,19H,8H2,1-2H3. The molecule has 0 aliphatic rings. The fraction of sp³-hybridized carbons (Fsp3) is 0.250. The largest absolute Gasteiger partial charge is 0.388 e. The van der Waals surface area contributed by atoms with Gasteiger partial charge in [-0.15, -0.1) is 0 Å². The fourth-order valence-corrected chi connectivity index (χ4v) is 2.55. The first-order valence-electron chi connectivity index (χ1n) is 6.16. The molecule has 1 atom stereocenters. The highest BCUT2D eigenvalue weighted by atomic mass is 79.9. The van der Waals surface area contributed by atoms with E-state index in [2.05, 4.69) is 22.0 Å². The van der Waals surface area contributed by atoms with Crippen molar-refractivity contribution in [1.82, 2.24) is 0 Å². The fourth-order valence-electron chi connectivity index (χ4n) is 2.22. The Labute approximate surface area is 121 Å². The number of hydrogen-bond acceptors (Lipinski definition) is 1. The van der Waals surface area contributed by atoms with Gasteiger partial charge in [-0.05, 0) is 37.1 Å². The summed E-state index contributed by atoms with van der Waals surface area (Å²) in [6.45, 7) is 3.98. The van der Waals surface area contributed by atoms with E-state index in [9.17, 15) is 9.50 Å². The van der Waals surface area contributed by atoms with Crippen molar-refractivity contribution in [3.63, 3.8) is 0 Å². The molecule has 0 fully saturated rings. The maximum atomic E-state index is 13.7. The van der Waals surface area contributed by atoms with Gasteiger partial charge >= 0.3 is 0 Å². The van der Waals surface area contributed by atoms with Crippen molar-refractivity contribution < 1.29 is 9.50 Å². The average Bonchev–Trinajstić information content (AvgIpc) is 2.31. The van der Waals surface area contributed by atoms with Gasteiger partial charge in [-0.3, -0.25) is 0 Å². The van der Waals surface area contributed by atoms with E-state index in [1.165, 1.54) is 6.07 Å². The molecule has 2 aromatic rings. The zero-order chi connectivity index (χ0) is 14.0. The number of benzene rings is 2. The molecule has 2 rings (SSSR count). The minimum absolute atomic E-state index is 0.280. The molecular weight excluding hydrogens is 307 g/mol. The number of hydrogen-bond donors (Lipinski definition) is 1. The van der Waals surface area contributed by atoms with Crippen LogP contribution in [-0.4, -0.2) is 5.11 Å². The molecule has 0 spiro atoms. The Bertz CT molecular complexity index is 575. The second-order valence-electron chi connectivity index (χ2n) is 4.88. The van der Waals surface area contributed by atoms with Crippen LogP contribution < -0.4 is 0 Å². The molecular formula is C16H16BrFO. The van der Waals surface area contributed by atoms with E-state index in [1.54, 1.807) is 12.1 Å². The number of rotatable bonds is 3. The monoisotopic (exact) mass is 322 g/mol. The molecule has 0 saturated heterocycles. The van der Waals surface area contributed by atoms with Crippen molar-refractivity contribution in [2.75, 3.05) is 0 Å². The minimum atomic E-state index is -0.686. The molecule has 0 saturated carbocycles. The predicted molar refractivity (Wildman–Crippen MR) is 78.7 cm³/mol. The topological polar surface area (TPSA) is 20.2 Å². The summed E-state index contributed by atoms with van der Waals surface area (Å²) in [5.74, 6) is -0.294. The van der Waals surface area contributed by atoms with E-state index in [1.807, 2.05) is 26.0 Å². The summed E-state index contributed by atoms with van der Waals surface area (Å²) in [7, 11) is 0. The number of aliphatic hydroxyl groups excluding tert-OH is 1. The molecule has 0 aromatic heterocycles. The molecule has 0 aliphatic heterocycles. The highest BCUT2D eigenvalue weighted by molar-refractivity contribution is 9.10. The quantitative estimate of drug-likeness (QED) is 0.883. The Kier molecular flexibility index (Phi) is 4.38. The highest BCUT2D eigenvalue weighted by Crippen LogP contribution is 2.23. The Balaban J connectivity index is 2.22. The summed E-state index contributed by atoms with van der Waals surface area (Å²) in [4.78, 5) is 0. The van der Waals surface area contributed by atoms with Crippen molar-refractivity contribution in [3.8, 4) is 0 Å². The van der Waals surface area contributed by atoms with Gasteiger partial charge in [0.1, 0.15) is 5.82 Å². The third kappa shape index (κ3) is 3.64. The summed E-state index contributed by atoms with van der Waals surface area (Å²) < 4.78 is 14.4. The van der Waals surface area contributed by atoms with E-state index < -0.39 is 6.10 Å². The summed E-state index contributed by atoms with van der Waals surface area (Å²) in [5, 5.41) is 10.2. The zero-order valence-corrected chi connectivity index (χ0v) is 12.5. The van der Waals surface area contributed by atoms with Crippen LogP contribution in [0.15, 0.2) is 40.9 Å². The maximum absolute atomic E-state index is 13.7. The molecule has 100 valence electrons. The van der Waals surface area contributed by atoms with E-state index in [4.69, 9.17) is 0 Å².